The fourth-order valence-corrected chi connectivity index (χ4v) is 1.37. The number of nitrogens with one attached hydrogen (secondary N) is 1. The largest absolute Gasteiger partial charge is 0.369 e. The monoisotopic (exact) mass is 234 g/mol. The molecule has 6 nitrogen and oxygen atoms in total. The zero-order valence-corrected chi connectivity index (χ0v) is 9.22. The smallest absolute Gasteiger partial charge is 0.208 e. The Morgan fingerprint density at radius 2 is 1.76 bits per heavy atom. The van der Waals surface area contributed by atoms with Crippen LogP contribution >= 0.6 is 0 Å². The predicted molar refractivity (Wildman–Crippen MR) is 64.7 cm³/mol. The maximum atomic E-state index is 10.7. The molecule has 0 heterocycles. The summed E-state index contributed by atoms with van der Waals surface area (Å²) in [6.07, 6.45) is 2.03. The Hall–Kier alpha value is -2.37. The number of hydrogen-bond acceptors (Lipinski definition) is 4. The Balaban J connectivity index is 2.67. The van der Waals surface area contributed by atoms with E-state index in [1.165, 1.54) is 6.07 Å². The summed E-state index contributed by atoms with van der Waals surface area (Å²) in [7, 11) is 0. The van der Waals surface area contributed by atoms with Gasteiger partial charge in [-0.3, -0.25) is 9.59 Å². The zero-order valence-electron chi connectivity index (χ0n) is 9.22. The van der Waals surface area contributed by atoms with Crippen LogP contribution in [-0.2, 0) is 6.42 Å². The average Bonchev–Trinajstić information content (AvgIpc) is 2.34. The highest BCUT2D eigenvalue weighted by atomic mass is 16.1. The van der Waals surface area contributed by atoms with Gasteiger partial charge in [-0.1, -0.05) is 0 Å². The van der Waals surface area contributed by atoms with Gasteiger partial charge in [0, 0.05) is 17.7 Å². The molecule has 0 aliphatic heterocycles. The summed E-state index contributed by atoms with van der Waals surface area (Å²) in [5.74, 6) is -0.0415. The highest BCUT2D eigenvalue weighted by molar-refractivity contribution is 5.82. The second kappa shape index (κ2) is 6.26. The maximum absolute atomic E-state index is 10.7. The van der Waals surface area contributed by atoms with Crippen LogP contribution in [0.25, 0.3) is 0 Å². The molecular formula is C11H14N4O2. The Morgan fingerprint density at radius 3 is 2.24 bits per heavy atom. The van der Waals surface area contributed by atoms with E-state index in [0.717, 1.165) is 5.56 Å². The molecule has 0 aromatic heterocycles. The van der Waals surface area contributed by atoms with Crippen LogP contribution in [0.5, 0.6) is 0 Å². The number of guanidine groups is 1. The van der Waals surface area contributed by atoms with Gasteiger partial charge in [-0.15, -0.1) is 5.10 Å². The number of hydrogen-bond donors (Lipinski definition) is 3. The molecule has 6 heteroatoms. The van der Waals surface area contributed by atoms with Crippen LogP contribution in [0.2, 0.25) is 0 Å². The number of nitrogens with two attached hydrogens (primary N) is 2. The van der Waals surface area contributed by atoms with Crippen LogP contribution in [-0.4, -0.2) is 25.1 Å². The molecule has 0 aliphatic rings. The molecule has 0 atom stereocenters. The predicted octanol–water partition coefficient (Wildman–Crippen LogP) is -0.368. The topological polar surface area (TPSA) is 111 Å². The van der Waals surface area contributed by atoms with Crippen LogP contribution in [0.1, 0.15) is 26.3 Å². The Bertz CT molecular complexity index is 413. The minimum atomic E-state index is -0.0415. The first-order valence-corrected chi connectivity index (χ1v) is 5.01. The van der Waals surface area contributed by atoms with Crippen molar-refractivity contribution in [3.8, 4) is 0 Å². The normalized spacial score (nSPS) is 9.41. The molecule has 1 aromatic carbocycles. The zero-order chi connectivity index (χ0) is 12.7. The summed E-state index contributed by atoms with van der Waals surface area (Å²) in [5, 5.41) is 3.61. The number of benzene rings is 1. The third-order valence-electron chi connectivity index (χ3n) is 2.04. The maximum Gasteiger partial charge on any atom is 0.208 e. The van der Waals surface area contributed by atoms with Gasteiger partial charge in [0.1, 0.15) is 12.6 Å². The third kappa shape index (κ3) is 4.33. The first-order valence-electron chi connectivity index (χ1n) is 5.01. The molecule has 0 aliphatic carbocycles. The van der Waals surface area contributed by atoms with Gasteiger partial charge in [-0.2, -0.15) is 0 Å². The third-order valence-corrected chi connectivity index (χ3v) is 2.04. The van der Waals surface area contributed by atoms with Gasteiger partial charge in [-0.25, -0.2) is 0 Å². The SMILES string of the molecule is NC(N)=NNCCc1cc(C=O)cc(C=O)c1. The number of carbonyl (C=O) groups is 2. The van der Waals surface area contributed by atoms with Gasteiger partial charge in [0.2, 0.25) is 5.96 Å². The van der Waals surface area contributed by atoms with E-state index in [4.69, 9.17) is 11.5 Å². The van der Waals surface area contributed by atoms with E-state index < -0.39 is 0 Å². The van der Waals surface area contributed by atoms with E-state index in [0.29, 0.717) is 36.7 Å². The van der Waals surface area contributed by atoms with Crippen molar-refractivity contribution in [1.29, 1.82) is 0 Å². The molecule has 0 bridgehead atoms. The Labute approximate surface area is 98.7 Å². The molecule has 0 fully saturated rings. The van der Waals surface area contributed by atoms with E-state index in [1.807, 2.05) is 0 Å². The highest BCUT2D eigenvalue weighted by Gasteiger charge is 2.00. The number of rotatable bonds is 6. The lowest BCUT2D eigenvalue weighted by atomic mass is 10.0. The van der Waals surface area contributed by atoms with Crippen LogP contribution in [0.3, 0.4) is 0 Å². The molecule has 0 saturated carbocycles. The Morgan fingerprint density at radius 1 is 1.18 bits per heavy atom. The molecular weight excluding hydrogens is 220 g/mol. The van der Waals surface area contributed by atoms with Gasteiger partial charge in [0.05, 0.1) is 0 Å². The van der Waals surface area contributed by atoms with Crippen molar-refractivity contribution >= 4 is 18.5 Å². The summed E-state index contributed by atoms with van der Waals surface area (Å²) in [6, 6.07) is 4.97. The minimum absolute atomic E-state index is 0.0415. The van der Waals surface area contributed by atoms with Crippen molar-refractivity contribution < 1.29 is 9.59 Å². The molecule has 1 aromatic rings. The van der Waals surface area contributed by atoms with Crippen molar-refractivity contribution in [3.63, 3.8) is 0 Å². The van der Waals surface area contributed by atoms with E-state index in [-0.39, 0.29) is 5.96 Å². The molecule has 0 radical (unpaired) electrons. The van der Waals surface area contributed by atoms with E-state index in [9.17, 15) is 9.59 Å². The minimum Gasteiger partial charge on any atom is -0.369 e. The summed E-state index contributed by atoms with van der Waals surface area (Å²) in [4.78, 5) is 21.3. The molecule has 17 heavy (non-hydrogen) atoms. The molecule has 0 unspecified atom stereocenters. The fraction of sp³-hybridized carbons (Fsp3) is 0.182. The lowest BCUT2D eigenvalue weighted by Crippen LogP contribution is -2.27. The first-order chi connectivity index (χ1) is 8.15. The quantitative estimate of drug-likeness (QED) is 0.204. The summed E-state index contributed by atoms with van der Waals surface area (Å²) in [5.41, 5.74) is 14.8. The van der Waals surface area contributed by atoms with Crippen molar-refractivity contribution in [2.75, 3.05) is 6.54 Å². The molecule has 90 valence electrons. The summed E-state index contributed by atoms with van der Waals surface area (Å²) >= 11 is 0. The van der Waals surface area contributed by atoms with E-state index in [2.05, 4.69) is 10.5 Å². The molecule has 5 N–H and O–H groups in total. The van der Waals surface area contributed by atoms with Gasteiger partial charge in [-0.05, 0) is 30.2 Å². The summed E-state index contributed by atoms with van der Waals surface area (Å²) in [6.45, 7) is 0.512. The van der Waals surface area contributed by atoms with Gasteiger partial charge in [0.25, 0.3) is 0 Å². The van der Waals surface area contributed by atoms with Crippen molar-refractivity contribution in [2.24, 2.45) is 16.6 Å². The lowest BCUT2D eigenvalue weighted by Gasteiger charge is -2.04. The number of hydrazone groups is 1. The van der Waals surface area contributed by atoms with E-state index in [1.54, 1.807) is 12.1 Å². The molecule has 0 spiro atoms. The van der Waals surface area contributed by atoms with Gasteiger partial charge in [0.15, 0.2) is 0 Å². The summed E-state index contributed by atoms with van der Waals surface area (Å²) < 4.78 is 0. The first kappa shape index (κ1) is 12.7. The lowest BCUT2D eigenvalue weighted by molar-refractivity contribution is 0.112. The Kier molecular flexibility index (Phi) is 4.68. The standard InChI is InChI=1S/C11H14N4O2/c12-11(13)15-14-2-1-8-3-9(6-16)5-10(4-8)7-17/h3-7,14H,1-2H2,(H4,12,13,15). The fourth-order valence-electron chi connectivity index (χ4n) is 1.37. The van der Waals surface area contributed by atoms with Crippen LogP contribution < -0.4 is 16.9 Å². The van der Waals surface area contributed by atoms with E-state index >= 15 is 0 Å². The van der Waals surface area contributed by atoms with Gasteiger partial charge >= 0.3 is 0 Å². The van der Waals surface area contributed by atoms with Crippen molar-refractivity contribution in [1.82, 2.24) is 5.43 Å². The molecule has 0 amide bonds. The van der Waals surface area contributed by atoms with Crippen molar-refractivity contribution in [3.05, 3.63) is 34.9 Å². The van der Waals surface area contributed by atoms with Crippen molar-refractivity contribution in [2.45, 2.75) is 6.42 Å². The second-order valence-corrected chi connectivity index (χ2v) is 3.44. The van der Waals surface area contributed by atoms with Crippen LogP contribution in [0, 0.1) is 0 Å². The number of aldehydes is 2. The highest BCUT2D eigenvalue weighted by Crippen LogP contribution is 2.08. The van der Waals surface area contributed by atoms with Gasteiger partial charge < -0.3 is 16.9 Å². The average molecular weight is 234 g/mol. The molecule has 0 saturated heterocycles. The molecule has 1 rings (SSSR count). The second-order valence-electron chi connectivity index (χ2n) is 3.44. The van der Waals surface area contributed by atoms with Crippen LogP contribution in [0.15, 0.2) is 23.3 Å². The van der Waals surface area contributed by atoms with Crippen LogP contribution in [0.4, 0.5) is 0 Å². The number of nitrogens with zero attached hydrogens (tertiary/aromatic N) is 1. The number of carbonyl (C=O) groups excluding carboxylic acids is 2.